The average Bonchev–Trinajstić information content (AvgIpc) is 3.31. The summed E-state index contributed by atoms with van der Waals surface area (Å²) in [5, 5.41) is 5.89. The van der Waals surface area contributed by atoms with Gasteiger partial charge in [-0.15, -0.1) is 0 Å². The zero-order valence-corrected chi connectivity index (χ0v) is 24.3. The largest absolute Gasteiger partial charge is 0.493 e. The molecule has 216 valence electrons. The molecule has 0 bridgehead atoms. The molecule has 1 fully saturated rings. The van der Waals surface area contributed by atoms with Crippen LogP contribution in [0.2, 0.25) is 0 Å². The fourth-order valence-electron chi connectivity index (χ4n) is 5.81. The van der Waals surface area contributed by atoms with Gasteiger partial charge < -0.3 is 25.0 Å². The predicted octanol–water partition coefficient (Wildman–Crippen LogP) is 3.96. The van der Waals surface area contributed by atoms with Crippen LogP contribution in [0.15, 0.2) is 36.4 Å². The Balaban J connectivity index is 1.84. The molecule has 1 saturated heterocycles. The zero-order chi connectivity index (χ0) is 29.4. The molecule has 1 aliphatic heterocycles. The van der Waals surface area contributed by atoms with Gasteiger partial charge in [0, 0.05) is 17.2 Å². The van der Waals surface area contributed by atoms with Crippen LogP contribution in [-0.4, -0.2) is 54.5 Å². The summed E-state index contributed by atoms with van der Waals surface area (Å²) in [6.45, 7) is 9.30. The Kier molecular flexibility index (Phi) is 8.42. The number of rotatable bonds is 8. The molecule has 3 amide bonds. The number of amides is 3. The lowest BCUT2D eigenvalue weighted by molar-refractivity contribution is -0.158. The molecular formula is C31H40FN3O5. The number of methoxy groups -OCH3 is 2. The lowest BCUT2D eigenvalue weighted by Crippen LogP contribution is -2.67. The molecule has 0 aromatic heterocycles. The summed E-state index contributed by atoms with van der Waals surface area (Å²) < 4.78 is 26.5. The number of benzene rings is 2. The van der Waals surface area contributed by atoms with Crippen molar-refractivity contribution in [1.82, 2.24) is 15.5 Å². The normalized spacial score (nSPS) is 20.3. The van der Waals surface area contributed by atoms with Gasteiger partial charge in [-0.1, -0.05) is 38.1 Å². The minimum absolute atomic E-state index is 0.0277. The summed E-state index contributed by atoms with van der Waals surface area (Å²) in [5.74, 6) is -1.85. The van der Waals surface area contributed by atoms with Gasteiger partial charge in [-0.2, -0.15) is 0 Å². The SMILES string of the molecule is COc1cc(F)c([C@H](C(=O)NC(C)(C)C)N2C(=O)C(C3Cc4ccccc4C3)NC(=O)[C@H]2CC(C)C)cc1OC. The first-order valence-corrected chi connectivity index (χ1v) is 13.8. The number of hydrogen-bond acceptors (Lipinski definition) is 5. The first-order valence-electron chi connectivity index (χ1n) is 13.8. The van der Waals surface area contributed by atoms with Crippen molar-refractivity contribution >= 4 is 17.7 Å². The molecule has 0 radical (unpaired) electrons. The number of nitrogens with zero attached hydrogens (tertiary/aromatic N) is 1. The average molecular weight is 554 g/mol. The number of ether oxygens (including phenoxy) is 2. The van der Waals surface area contributed by atoms with Crippen molar-refractivity contribution in [1.29, 1.82) is 0 Å². The Labute approximate surface area is 235 Å². The van der Waals surface area contributed by atoms with Crippen molar-refractivity contribution < 1.29 is 28.2 Å². The molecule has 0 saturated carbocycles. The Bertz CT molecular complexity index is 1260. The number of hydrogen-bond donors (Lipinski definition) is 2. The third kappa shape index (κ3) is 5.93. The van der Waals surface area contributed by atoms with Gasteiger partial charge in [0.15, 0.2) is 11.5 Å². The first-order chi connectivity index (χ1) is 18.8. The quantitative estimate of drug-likeness (QED) is 0.516. The van der Waals surface area contributed by atoms with Crippen LogP contribution in [0, 0.1) is 17.7 Å². The Hall–Kier alpha value is -3.62. The molecule has 0 spiro atoms. The van der Waals surface area contributed by atoms with Crippen molar-refractivity contribution in [3.8, 4) is 11.5 Å². The van der Waals surface area contributed by atoms with E-state index in [-0.39, 0.29) is 34.8 Å². The highest BCUT2D eigenvalue weighted by atomic mass is 19.1. The van der Waals surface area contributed by atoms with E-state index in [2.05, 4.69) is 10.6 Å². The molecule has 40 heavy (non-hydrogen) atoms. The maximum Gasteiger partial charge on any atom is 0.247 e. The van der Waals surface area contributed by atoms with E-state index in [1.807, 2.05) is 58.9 Å². The van der Waals surface area contributed by atoms with Gasteiger partial charge in [0.2, 0.25) is 17.7 Å². The zero-order valence-electron chi connectivity index (χ0n) is 24.3. The number of carbonyl (C=O) groups is 3. The smallest absolute Gasteiger partial charge is 0.247 e. The van der Waals surface area contributed by atoms with E-state index < -0.39 is 41.3 Å². The summed E-state index contributed by atoms with van der Waals surface area (Å²) in [4.78, 5) is 43.4. The van der Waals surface area contributed by atoms with Crippen molar-refractivity contribution in [3.63, 3.8) is 0 Å². The summed E-state index contributed by atoms with van der Waals surface area (Å²) >= 11 is 0. The fourth-order valence-corrected chi connectivity index (χ4v) is 5.81. The van der Waals surface area contributed by atoms with E-state index in [0.717, 1.165) is 17.2 Å². The number of piperazine rings is 1. The third-order valence-corrected chi connectivity index (χ3v) is 7.53. The molecule has 2 aromatic rings. The third-order valence-electron chi connectivity index (χ3n) is 7.53. The maximum atomic E-state index is 15.8. The van der Waals surface area contributed by atoms with E-state index in [0.29, 0.717) is 19.3 Å². The molecule has 3 atom stereocenters. The molecule has 1 unspecified atom stereocenters. The topological polar surface area (TPSA) is 97.0 Å². The van der Waals surface area contributed by atoms with Gasteiger partial charge in [0.1, 0.15) is 23.9 Å². The summed E-state index contributed by atoms with van der Waals surface area (Å²) in [7, 11) is 2.81. The molecule has 1 aliphatic carbocycles. The van der Waals surface area contributed by atoms with Crippen molar-refractivity contribution in [2.24, 2.45) is 11.8 Å². The van der Waals surface area contributed by atoms with Crippen LogP contribution in [0.25, 0.3) is 0 Å². The fraction of sp³-hybridized carbons (Fsp3) is 0.516. The number of halogens is 1. The van der Waals surface area contributed by atoms with E-state index in [1.165, 1.54) is 25.2 Å². The van der Waals surface area contributed by atoms with E-state index in [4.69, 9.17) is 9.47 Å². The highest BCUT2D eigenvalue weighted by Crippen LogP contribution is 2.39. The van der Waals surface area contributed by atoms with Gasteiger partial charge >= 0.3 is 0 Å². The van der Waals surface area contributed by atoms with Crippen LogP contribution in [0.4, 0.5) is 4.39 Å². The summed E-state index contributed by atoms with van der Waals surface area (Å²) in [6.07, 6.45) is 1.56. The van der Waals surface area contributed by atoms with Gasteiger partial charge in [0.25, 0.3) is 0 Å². The minimum Gasteiger partial charge on any atom is -0.493 e. The molecular weight excluding hydrogens is 513 g/mol. The van der Waals surface area contributed by atoms with Gasteiger partial charge in [-0.05, 0) is 69.1 Å². The summed E-state index contributed by atoms with van der Waals surface area (Å²) in [6, 6.07) is 7.28. The van der Waals surface area contributed by atoms with Crippen molar-refractivity contribution in [3.05, 3.63) is 58.9 Å². The maximum absolute atomic E-state index is 15.8. The second-order valence-corrected chi connectivity index (χ2v) is 12.2. The molecule has 2 aromatic carbocycles. The van der Waals surface area contributed by atoms with Crippen molar-refractivity contribution in [2.75, 3.05) is 14.2 Å². The highest BCUT2D eigenvalue weighted by molar-refractivity contribution is 6.00. The lowest BCUT2D eigenvalue weighted by atomic mass is 9.87. The second-order valence-electron chi connectivity index (χ2n) is 12.2. The van der Waals surface area contributed by atoms with E-state index >= 15 is 4.39 Å². The van der Waals surface area contributed by atoms with E-state index in [1.54, 1.807) is 0 Å². The number of nitrogens with one attached hydrogen (secondary N) is 2. The molecule has 8 nitrogen and oxygen atoms in total. The molecule has 1 heterocycles. The number of carbonyl (C=O) groups excluding carboxylic acids is 3. The molecule has 2 aliphatic rings. The lowest BCUT2D eigenvalue weighted by Gasteiger charge is -2.45. The highest BCUT2D eigenvalue weighted by Gasteiger charge is 2.50. The van der Waals surface area contributed by atoms with Gasteiger partial charge in [0.05, 0.1) is 14.2 Å². The van der Waals surface area contributed by atoms with Crippen LogP contribution in [0.3, 0.4) is 0 Å². The predicted molar refractivity (Wildman–Crippen MR) is 150 cm³/mol. The van der Waals surface area contributed by atoms with Crippen LogP contribution < -0.4 is 20.1 Å². The minimum atomic E-state index is -1.41. The molecule has 2 N–H and O–H groups in total. The molecule has 9 heteroatoms. The van der Waals surface area contributed by atoms with Gasteiger partial charge in [-0.25, -0.2) is 4.39 Å². The Morgan fingerprint density at radius 3 is 2.17 bits per heavy atom. The monoisotopic (exact) mass is 553 g/mol. The van der Waals surface area contributed by atoms with Gasteiger partial charge in [-0.3, -0.25) is 14.4 Å². The second kappa shape index (κ2) is 11.5. The first kappa shape index (κ1) is 29.4. The Morgan fingerprint density at radius 1 is 1.07 bits per heavy atom. The van der Waals surface area contributed by atoms with Crippen LogP contribution in [0.1, 0.15) is 63.8 Å². The van der Waals surface area contributed by atoms with Crippen molar-refractivity contribution in [2.45, 2.75) is 77.5 Å². The number of fused-ring (bicyclic) bond motifs is 1. The van der Waals surface area contributed by atoms with E-state index in [9.17, 15) is 14.4 Å². The van der Waals surface area contributed by atoms with Crippen LogP contribution in [0.5, 0.6) is 11.5 Å². The molecule has 4 rings (SSSR count). The Morgan fingerprint density at radius 2 is 1.65 bits per heavy atom. The van der Waals surface area contributed by atoms with Crippen LogP contribution in [-0.2, 0) is 27.2 Å². The standard InChI is InChI=1S/C31H40FN3O5/c1-17(2)12-23-28(36)33-26(20-13-18-10-8-9-11-19(18)14-20)30(38)35(23)27(29(37)34-31(3,4)5)21-15-24(39-6)25(40-7)16-22(21)32/h8-11,15-17,20,23,26-27H,12-14H2,1-7H3,(H,33,36)(H,34,37)/t23-,26?,27-/m1/s1. The summed E-state index contributed by atoms with van der Waals surface area (Å²) in [5.41, 5.74) is 1.53. The van der Waals surface area contributed by atoms with Crippen LogP contribution >= 0.6 is 0 Å².